The molecule has 0 aromatic heterocycles. The number of carbonyl (C=O) groups is 2. The van der Waals surface area contributed by atoms with E-state index in [9.17, 15) is 18.0 Å². The van der Waals surface area contributed by atoms with Crippen LogP contribution < -0.4 is 9.62 Å². The quantitative estimate of drug-likeness (QED) is 0.247. The van der Waals surface area contributed by atoms with Crippen molar-refractivity contribution in [2.75, 3.05) is 17.1 Å². The van der Waals surface area contributed by atoms with Gasteiger partial charge in [0.2, 0.25) is 21.8 Å². The molecule has 0 aliphatic heterocycles. The first-order chi connectivity index (χ1) is 20.8. The summed E-state index contributed by atoms with van der Waals surface area (Å²) in [5, 5.41) is 3.23. The second kappa shape index (κ2) is 14.7. The third-order valence-electron chi connectivity index (χ3n) is 8.17. The van der Waals surface area contributed by atoms with Crippen LogP contribution in [0.25, 0.3) is 0 Å². The Morgan fingerprint density at radius 1 is 0.909 bits per heavy atom. The molecule has 1 N–H and O–H groups in total. The number of amides is 2. The molecule has 1 aliphatic rings. The van der Waals surface area contributed by atoms with E-state index in [-0.39, 0.29) is 23.9 Å². The first-order valence-corrected chi connectivity index (χ1v) is 17.9. The Hall–Kier alpha value is -3.17. The van der Waals surface area contributed by atoms with Crippen molar-refractivity contribution in [2.45, 2.75) is 83.3 Å². The van der Waals surface area contributed by atoms with Crippen LogP contribution in [0.4, 0.5) is 5.69 Å². The van der Waals surface area contributed by atoms with E-state index >= 15 is 0 Å². The SMILES string of the molecule is CC(C)(C)c1ccc(N(CC(=O)N(Cc2cccc(Br)c2)[C@H](Cc2ccccc2)C(=O)NC2CCCCC2)S(C)(=O)=O)cc1. The standard InChI is InChI=1S/C35H44BrN3O4S/c1-35(2,3)28-18-20-31(21-19-28)39(44(4,42)43)25-33(40)38(24-27-14-11-15-29(36)22-27)32(23-26-12-7-5-8-13-26)34(41)37-30-16-9-6-10-17-30/h5,7-8,11-15,18-22,30,32H,6,9-10,16-17,23-25H2,1-4H3,(H,37,41)/t32-/m1/s1. The average Bonchev–Trinajstić information content (AvgIpc) is 2.97. The summed E-state index contributed by atoms with van der Waals surface area (Å²) in [4.78, 5) is 30.0. The van der Waals surface area contributed by atoms with Gasteiger partial charge in [-0.25, -0.2) is 8.42 Å². The molecule has 3 aromatic rings. The lowest BCUT2D eigenvalue weighted by Gasteiger charge is -2.35. The van der Waals surface area contributed by atoms with Gasteiger partial charge in [0.05, 0.1) is 11.9 Å². The maximum atomic E-state index is 14.3. The molecule has 1 saturated carbocycles. The van der Waals surface area contributed by atoms with Crippen LogP contribution in [0.3, 0.4) is 0 Å². The Morgan fingerprint density at radius 3 is 2.14 bits per heavy atom. The molecule has 0 heterocycles. The molecule has 0 saturated heterocycles. The van der Waals surface area contributed by atoms with Crippen molar-refractivity contribution >= 4 is 43.5 Å². The van der Waals surface area contributed by atoms with Gasteiger partial charge in [-0.2, -0.15) is 0 Å². The van der Waals surface area contributed by atoms with Crippen molar-refractivity contribution in [1.82, 2.24) is 10.2 Å². The van der Waals surface area contributed by atoms with E-state index in [0.29, 0.717) is 12.1 Å². The van der Waals surface area contributed by atoms with E-state index < -0.39 is 28.5 Å². The zero-order valence-electron chi connectivity index (χ0n) is 26.1. The van der Waals surface area contributed by atoms with Crippen LogP contribution >= 0.6 is 15.9 Å². The molecule has 2 amide bonds. The highest BCUT2D eigenvalue weighted by Gasteiger charge is 2.34. The smallest absolute Gasteiger partial charge is 0.244 e. The van der Waals surface area contributed by atoms with Gasteiger partial charge in [0.25, 0.3) is 0 Å². The number of nitrogens with one attached hydrogen (secondary N) is 1. The van der Waals surface area contributed by atoms with Crippen molar-refractivity contribution in [3.8, 4) is 0 Å². The minimum absolute atomic E-state index is 0.0613. The molecule has 7 nitrogen and oxygen atoms in total. The van der Waals surface area contributed by atoms with Gasteiger partial charge in [-0.3, -0.25) is 13.9 Å². The minimum atomic E-state index is -3.82. The van der Waals surface area contributed by atoms with Gasteiger partial charge < -0.3 is 10.2 Å². The lowest BCUT2D eigenvalue weighted by molar-refractivity contribution is -0.140. The highest BCUT2D eigenvalue weighted by atomic mass is 79.9. The van der Waals surface area contributed by atoms with Crippen LogP contribution in [0.2, 0.25) is 0 Å². The third kappa shape index (κ3) is 9.41. The van der Waals surface area contributed by atoms with Crippen molar-refractivity contribution in [1.29, 1.82) is 0 Å². The number of rotatable bonds is 11. The van der Waals surface area contributed by atoms with E-state index in [1.54, 1.807) is 17.0 Å². The van der Waals surface area contributed by atoms with Crippen LogP contribution in [0.5, 0.6) is 0 Å². The Balaban J connectivity index is 1.72. The molecule has 44 heavy (non-hydrogen) atoms. The predicted octanol–water partition coefficient (Wildman–Crippen LogP) is 6.60. The normalized spacial score (nSPS) is 14.9. The van der Waals surface area contributed by atoms with Crippen LogP contribution in [-0.4, -0.2) is 50.0 Å². The van der Waals surface area contributed by atoms with Crippen molar-refractivity contribution in [3.63, 3.8) is 0 Å². The highest BCUT2D eigenvalue weighted by Crippen LogP contribution is 2.27. The fourth-order valence-electron chi connectivity index (χ4n) is 5.67. The summed E-state index contributed by atoms with van der Waals surface area (Å²) in [5.41, 5.74) is 3.10. The molecule has 9 heteroatoms. The Kier molecular flexibility index (Phi) is 11.3. The first-order valence-electron chi connectivity index (χ1n) is 15.3. The molecule has 0 radical (unpaired) electrons. The highest BCUT2D eigenvalue weighted by molar-refractivity contribution is 9.10. The van der Waals surface area contributed by atoms with Crippen LogP contribution in [0.15, 0.2) is 83.3 Å². The number of hydrogen-bond acceptors (Lipinski definition) is 4. The molecule has 0 unspecified atom stereocenters. The molecule has 1 fully saturated rings. The summed E-state index contributed by atoms with van der Waals surface area (Å²) in [6, 6.07) is 23.7. The van der Waals surface area contributed by atoms with E-state index in [0.717, 1.165) is 63.8 Å². The topological polar surface area (TPSA) is 86.8 Å². The summed E-state index contributed by atoms with van der Waals surface area (Å²) in [7, 11) is -3.82. The molecule has 1 atom stereocenters. The molecular formula is C35H44BrN3O4S. The number of benzene rings is 3. The number of halogens is 1. The maximum absolute atomic E-state index is 14.3. The Labute approximate surface area is 271 Å². The van der Waals surface area contributed by atoms with Crippen LogP contribution in [0.1, 0.15) is 69.6 Å². The average molecular weight is 683 g/mol. The van der Waals surface area contributed by atoms with Gasteiger partial charge in [0, 0.05) is 23.5 Å². The predicted molar refractivity (Wildman–Crippen MR) is 181 cm³/mol. The van der Waals surface area contributed by atoms with Crippen molar-refractivity contribution in [2.24, 2.45) is 0 Å². The van der Waals surface area contributed by atoms with Gasteiger partial charge in [-0.1, -0.05) is 111 Å². The molecule has 236 valence electrons. The van der Waals surface area contributed by atoms with Crippen LogP contribution in [-0.2, 0) is 38.0 Å². The van der Waals surface area contributed by atoms with E-state index in [1.165, 1.54) is 0 Å². The lowest BCUT2D eigenvalue weighted by atomic mass is 9.87. The number of sulfonamides is 1. The summed E-state index contributed by atoms with van der Waals surface area (Å²) in [6.07, 6.45) is 6.52. The zero-order chi connectivity index (χ0) is 31.9. The van der Waals surface area contributed by atoms with Crippen molar-refractivity contribution < 1.29 is 18.0 Å². The molecule has 3 aromatic carbocycles. The summed E-state index contributed by atoms with van der Waals surface area (Å²) >= 11 is 3.52. The van der Waals surface area contributed by atoms with Gasteiger partial charge in [-0.15, -0.1) is 0 Å². The Morgan fingerprint density at radius 2 is 1.55 bits per heavy atom. The first kappa shape index (κ1) is 33.7. The summed E-state index contributed by atoms with van der Waals surface area (Å²) in [6.45, 7) is 5.99. The van der Waals surface area contributed by atoms with Crippen LogP contribution in [0, 0.1) is 0 Å². The third-order valence-corrected chi connectivity index (χ3v) is 9.80. The monoisotopic (exact) mass is 681 g/mol. The second-order valence-corrected chi connectivity index (χ2v) is 15.6. The summed E-state index contributed by atoms with van der Waals surface area (Å²) in [5.74, 6) is -0.667. The molecule has 0 spiro atoms. The molecular weight excluding hydrogens is 638 g/mol. The van der Waals surface area contributed by atoms with E-state index in [2.05, 4.69) is 42.0 Å². The fourth-order valence-corrected chi connectivity index (χ4v) is 6.97. The van der Waals surface area contributed by atoms with E-state index in [4.69, 9.17) is 0 Å². The fraction of sp³-hybridized carbons (Fsp3) is 0.429. The van der Waals surface area contributed by atoms with Gasteiger partial charge in [0.15, 0.2) is 0 Å². The van der Waals surface area contributed by atoms with Crippen molar-refractivity contribution in [3.05, 3.63) is 100 Å². The minimum Gasteiger partial charge on any atom is -0.352 e. The lowest BCUT2D eigenvalue weighted by Crippen LogP contribution is -2.55. The van der Waals surface area contributed by atoms with Gasteiger partial charge >= 0.3 is 0 Å². The molecule has 4 rings (SSSR count). The number of carbonyl (C=O) groups excluding carboxylic acids is 2. The largest absolute Gasteiger partial charge is 0.352 e. The zero-order valence-corrected chi connectivity index (χ0v) is 28.5. The van der Waals surface area contributed by atoms with E-state index in [1.807, 2.05) is 66.7 Å². The maximum Gasteiger partial charge on any atom is 0.244 e. The van der Waals surface area contributed by atoms with Gasteiger partial charge in [0.1, 0.15) is 12.6 Å². The number of anilines is 1. The number of nitrogens with zero attached hydrogens (tertiary/aromatic N) is 2. The van der Waals surface area contributed by atoms with Gasteiger partial charge in [-0.05, 0) is 59.2 Å². The summed E-state index contributed by atoms with van der Waals surface area (Å²) < 4.78 is 28.2. The Bertz CT molecular complexity index is 1520. The molecule has 0 bridgehead atoms. The number of hydrogen-bond donors (Lipinski definition) is 1. The molecule has 1 aliphatic carbocycles. The second-order valence-electron chi connectivity index (χ2n) is 12.8.